The van der Waals surface area contributed by atoms with Crippen molar-refractivity contribution in [2.75, 3.05) is 31.6 Å². The molecule has 0 bridgehead atoms. The minimum atomic E-state index is -4.01. The number of rotatable bonds is 11. The number of nitrogens with one attached hydrogen (secondary N) is 1. The molecule has 0 saturated heterocycles. The molecule has 1 N–H and O–H groups in total. The van der Waals surface area contributed by atoms with Crippen molar-refractivity contribution in [3.8, 4) is 11.5 Å². The second kappa shape index (κ2) is 11.6. The number of carbonyl (C=O) groups is 1. The van der Waals surface area contributed by atoms with Crippen LogP contribution in [0.4, 0.5) is 5.69 Å². The van der Waals surface area contributed by atoms with Gasteiger partial charge in [0.2, 0.25) is 5.91 Å². The standard InChI is InChI=1S/C26H30N2O5S/c1-20-11-14-23(15-12-20)34(30,31)28(22-13-16-24(32-2)25(18-22)33-3)19-26(29)27-17-7-10-21-8-5-4-6-9-21/h4-6,8-9,11-16,18H,7,10,17,19H2,1-3H3,(H,27,29). The molecule has 0 aliphatic carbocycles. The van der Waals surface area contributed by atoms with Crippen LogP contribution >= 0.6 is 0 Å². The van der Waals surface area contributed by atoms with E-state index in [4.69, 9.17) is 9.47 Å². The van der Waals surface area contributed by atoms with Gasteiger partial charge in [-0.25, -0.2) is 8.42 Å². The molecule has 0 aliphatic heterocycles. The van der Waals surface area contributed by atoms with Gasteiger partial charge in [-0.15, -0.1) is 0 Å². The number of ether oxygens (including phenoxy) is 2. The van der Waals surface area contributed by atoms with Gasteiger partial charge >= 0.3 is 0 Å². The second-order valence-corrected chi connectivity index (χ2v) is 9.67. The fraction of sp³-hybridized carbons (Fsp3) is 0.269. The molecule has 3 aromatic rings. The maximum Gasteiger partial charge on any atom is 0.264 e. The first-order chi connectivity index (χ1) is 16.3. The van der Waals surface area contributed by atoms with E-state index in [1.807, 2.05) is 37.3 Å². The number of aryl methyl sites for hydroxylation is 2. The van der Waals surface area contributed by atoms with Crippen molar-refractivity contribution in [1.82, 2.24) is 5.32 Å². The lowest BCUT2D eigenvalue weighted by atomic mass is 10.1. The Bertz CT molecular complexity index is 1200. The summed E-state index contributed by atoms with van der Waals surface area (Å²) in [6.45, 7) is 1.96. The molecule has 0 aromatic heterocycles. The number of sulfonamides is 1. The fourth-order valence-corrected chi connectivity index (χ4v) is 4.90. The lowest BCUT2D eigenvalue weighted by molar-refractivity contribution is -0.119. The van der Waals surface area contributed by atoms with Crippen LogP contribution in [0.2, 0.25) is 0 Å². The summed E-state index contributed by atoms with van der Waals surface area (Å²) >= 11 is 0. The van der Waals surface area contributed by atoms with Crippen LogP contribution in [0.3, 0.4) is 0 Å². The molecule has 180 valence electrons. The molecule has 1 amide bonds. The highest BCUT2D eigenvalue weighted by molar-refractivity contribution is 7.92. The molecule has 7 nitrogen and oxygen atoms in total. The maximum absolute atomic E-state index is 13.5. The third kappa shape index (κ3) is 6.29. The van der Waals surface area contributed by atoms with Gasteiger partial charge in [-0.2, -0.15) is 0 Å². The van der Waals surface area contributed by atoms with E-state index in [2.05, 4.69) is 5.32 Å². The summed E-state index contributed by atoms with van der Waals surface area (Å²) in [5, 5.41) is 2.84. The number of hydrogen-bond acceptors (Lipinski definition) is 5. The number of hydrogen-bond donors (Lipinski definition) is 1. The van der Waals surface area contributed by atoms with Crippen LogP contribution in [-0.2, 0) is 21.2 Å². The summed E-state index contributed by atoms with van der Waals surface area (Å²) in [6.07, 6.45) is 1.57. The highest BCUT2D eigenvalue weighted by Crippen LogP contribution is 2.33. The van der Waals surface area contributed by atoms with E-state index in [0.29, 0.717) is 23.7 Å². The number of carbonyl (C=O) groups excluding carboxylic acids is 1. The van der Waals surface area contributed by atoms with Crippen LogP contribution in [0.25, 0.3) is 0 Å². The van der Waals surface area contributed by atoms with Crippen LogP contribution < -0.4 is 19.1 Å². The largest absolute Gasteiger partial charge is 0.493 e. The SMILES string of the molecule is COc1ccc(N(CC(=O)NCCCc2ccccc2)S(=O)(=O)c2ccc(C)cc2)cc1OC. The molecule has 0 radical (unpaired) electrons. The third-order valence-corrected chi connectivity index (χ3v) is 7.15. The van der Waals surface area contributed by atoms with Gasteiger partial charge in [0.1, 0.15) is 6.54 Å². The predicted octanol–water partition coefficient (Wildman–Crippen LogP) is 3.96. The topological polar surface area (TPSA) is 84.9 Å². The number of amides is 1. The number of benzene rings is 3. The second-order valence-electron chi connectivity index (χ2n) is 7.80. The summed E-state index contributed by atoms with van der Waals surface area (Å²) in [5.74, 6) is 0.440. The predicted molar refractivity (Wildman–Crippen MR) is 133 cm³/mol. The van der Waals surface area contributed by atoms with Crippen LogP contribution in [0.1, 0.15) is 17.5 Å². The zero-order chi connectivity index (χ0) is 24.6. The Labute approximate surface area is 201 Å². The van der Waals surface area contributed by atoms with Gasteiger partial charge in [0.15, 0.2) is 11.5 Å². The molecule has 0 saturated carbocycles. The quantitative estimate of drug-likeness (QED) is 0.418. The normalized spacial score (nSPS) is 11.0. The van der Waals surface area contributed by atoms with Crippen LogP contribution in [0.5, 0.6) is 11.5 Å². The molecular formula is C26H30N2O5S. The van der Waals surface area contributed by atoms with E-state index >= 15 is 0 Å². The Morgan fingerprint density at radius 1 is 0.912 bits per heavy atom. The maximum atomic E-state index is 13.5. The van der Waals surface area contributed by atoms with Crippen molar-refractivity contribution in [2.45, 2.75) is 24.7 Å². The molecule has 8 heteroatoms. The molecule has 0 unspecified atom stereocenters. The third-order valence-electron chi connectivity index (χ3n) is 5.36. The monoisotopic (exact) mass is 482 g/mol. The summed E-state index contributed by atoms with van der Waals surface area (Å²) < 4.78 is 38.7. The van der Waals surface area contributed by atoms with Gasteiger partial charge in [0.05, 0.1) is 24.8 Å². The van der Waals surface area contributed by atoms with Gasteiger partial charge < -0.3 is 14.8 Å². The Morgan fingerprint density at radius 3 is 2.24 bits per heavy atom. The van der Waals surface area contributed by atoms with Crippen molar-refractivity contribution < 1.29 is 22.7 Å². The average Bonchev–Trinajstić information content (AvgIpc) is 2.85. The van der Waals surface area contributed by atoms with Crippen molar-refractivity contribution in [1.29, 1.82) is 0 Å². The zero-order valence-electron chi connectivity index (χ0n) is 19.7. The first-order valence-electron chi connectivity index (χ1n) is 11.0. The Kier molecular flexibility index (Phi) is 8.54. The lowest BCUT2D eigenvalue weighted by Crippen LogP contribution is -2.41. The molecule has 0 atom stereocenters. The van der Waals surface area contributed by atoms with E-state index in [1.165, 1.54) is 31.9 Å². The first-order valence-corrected chi connectivity index (χ1v) is 12.4. The van der Waals surface area contributed by atoms with Crippen LogP contribution in [0, 0.1) is 6.92 Å². The smallest absolute Gasteiger partial charge is 0.264 e. The molecular weight excluding hydrogens is 452 g/mol. The number of anilines is 1. The molecule has 0 heterocycles. The molecule has 3 rings (SSSR count). The van der Waals surface area contributed by atoms with Crippen LogP contribution in [-0.4, -0.2) is 41.6 Å². The van der Waals surface area contributed by atoms with Crippen molar-refractivity contribution >= 4 is 21.6 Å². The number of nitrogens with zero attached hydrogens (tertiary/aromatic N) is 1. The van der Waals surface area contributed by atoms with Crippen LogP contribution in [0.15, 0.2) is 77.7 Å². The summed E-state index contributed by atoms with van der Waals surface area (Å²) in [6, 6.07) is 21.3. The molecule has 3 aromatic carbocycles. The molecule has 0 fully saturated rings. The van der Waals surface area contributed by atoms with Gasteiger partial charge in [-0.05, 0) is 49.6 Å². The summed E-state index contributed by atoms with van der Waals surface area (Å²) in [7, 11) is -1.03. The Hall–Kier alpha value is -3.52. The van der Waals surface area contributed by atoms with Crippen molar-refractivity contribution in [3.63, 3.8) is 0 Å². The minimum Gasteiger partial charge on any atom is -0.493 e. The average molecular weight is 483 g/mol. The fourth-order valence-electron chi connectivity index (χ4n) is 3.48. The lowest BCUT2D eigenvalue weighted by Gasteiger charge is -2.25. The highest BCUT2D eigenvalue weighted by atomic mass is 32.2. The molecule has 34 heavy (non-hydrogen) atoms. The van der Waals surface area contributed by atoms with Gasteiger partial charge in [0, 0.05) is 12.6 Å². The minimum absolute atomic E-state index is 0.102. The Morgan fingerprint density at radius 2 is 1.59 bits per heavy atom. The highest BCUT2D eigenvalue weighted by Gasteiger charge is 2.28. The van der Waals surface area contributed by atoms with Gasteiger partial charge in [-0.3, -0.25) is 9.10 Å². The van der Waals surface area contributed by atoms with E-state index in [0.717, 1.165) is 22.7 Å². The first kappa shape index (κ1) is 25.1. The van der Waals surface area contributed by atoms with E-state index in [-0.39, 0.29) is 11.4 Å². The van der Waals surface area contributed by atoms with Crippen molar-refractivity contribution in [3.05, 3.63) is 83.9 Å². The van der Waals surface area contributed by atoms with E-state index < -0.39 is 15.9 Å². The van der Waals surface area contributed by atoms with Gasteiger partial charge in [0.25, 0.3) is 10.0 Å². The number of methoxy groups -OCH3 is 2. The van der Waals surface area contributed by atoms with E-state index in [9.17, 15) is 13.2 Å². The molecule has 0 spiro atoms. The summed E-state index contributed by atoms with van der Waals surface area (Å²) in [5.41, 5.74) is 2.43. The Balaban J connectivity index is 1.80. The van der Waals surface area contributed by atoms with Crippen molar-refractivity contribution in [2.24, 2.45) is 0 Å². The van der Waals surface area contributed by atoms with Gasteiger partial charge in [-0.1, -0.05) is 48.0 Å². The summed E-state index contributed by atoms with van der Waals surface area (Å²) in [4.78, 5) is 12.9. The van der Waals surface area contributed by atoms with E-state index in [1.54, 1.807) is 30.3 Å². The zero-order valence-corrected chi connectivity index (χ0v) is 20.5. The molecule has 0 aliphatic rings.